The van der Waals surface area contributed by atoms with E-state index in [-0.39, 0.29) is 17.3 Å². The molecule has 0 spiro atoms. The van der Waals surface area contributed by atoms with E-state index in [1.165, 1.54) is 12.1 Å². The maximum atomic E-state index is 12.1. The van der Waals surface area contributed by atoms with Gasteiger partial charge in [-0.2, -0.15) is 5.26 Å². The Morgan fingerprint density at radius 3 is 2.61 bits per heavy atom. The number of carbonyl (C=O) groups is 1. The molecule has 1 amide bonds. The van der Waals surface area contributed by atoms with Crippen LogP contribution in [-0.2, 0) is 14.6 Å². The highest BCUT2D eigenvalue weighted by Gasteiger charge is 2.33. The topological polar surface area (TPSA) is 99.1 Å². The van der Waals surface area contributed by atoms with Crippen LogP contribution in [0.15, 0.2) is 29.2 Å². The zero-order valence-corrected chi connectivity index (χ0v) is 13.9. The van der Waals surface area contributed by atoms with E-state index < -0.39 is 15.4 Å². The molecule has 0 aliphatic heterocycles. The Hall–Kier alpha value is -2.07. The summed E-state index contributed by atoms with van der Waals surface area (Å²) in [5.41, 5.74) is -0.205. The van der Waals surface area contributed by atoms with Gasteiger partial charge in [-0.05, 0) is 31.0 Å². The lowest BCUT2D eigenvalue weighted by molar-refractivity contribution is -0.121. The van der Waals surface area contributed by atoms with Gasteiger partial charge in [0.2, 0.25) is 5.91 Å². The van der Waals surface area contributed by atoms with Crippen molar-refractivity contribution in [3.05, 3.63) is 24.3 Å². The molecule has 2 rings (SSSR count). The van der Waals surface area contributed by atoms with Gasteiger partial charge in [-0.25, -0.2) is 8.42 Å². The number of anilines is 1. The maximum Gasteiger partial charge on any atom is 0.240 e. The number of hydrogen-bond acceptors (Lipinski definition) is 5. The Labute approximate surface area is 136 Å². The lowest BCUT2D eigenvalue weighted by atomic mass is 9.83. The standard InChI is InChI=1S/C16H21N3O3S/c1-23(21,22)14-7-5-6-13(10-14)18-11-15(20)19-16(12-17)8-3-2-4-9-16/h5-7,10,18H,2-4,8-9,11H2,1H3,(H,19,20). The monoisotopic (exact) mass is 335 g/mol. The quantitative estimate of drug-likeness (QED) is 0.855. The molecule has 7 heteroatoms. The van der Waals surface area contributed by atoms with Gasteiger partial charge in [-0.3, -0.25) is 4.79 Å². The highest BCUT2D eigenvalue weighted by atomic mass is 32.2. The van der Waals surface area contributed by atoms with Crippen LogP contribution in [0, 0.1) is 11.3 Å². The Kier molecular flexibility index (Phi) is 5.26. The number of benzene rings is 1. The van der Waals surface area contributed by atoms with Crippen molar-refractivity contribution < 1.29 is 13.2 Å². The molecule has 2 N–H and O–H groups in total. The number of nitriles is 1. The van der Waals surface area contributed by atoms with Gasteiger partial charge in [0.15, 0.2) is 9.84 Å². The van der Waals surface area contributed by atoms with Crippen molar-refractivity contribution in [2.45, 2.75) is 42.5 Å². The Balaban J connectivity index is 1.96. The molecule has 124 valence electrons. The first-order valence-corrected chi connectivity index (χ1v) is 9.50. The van der Waals surface area contributed by atoms with Crippen molar-refractivity contribution in [2.75, 3.05) is 18.1 Å². The van der Waals surface area contributed by atoms with Crippen molar-refractivity contribution in [2.24, 2.45) is 0 Å². The first-order chi connectivity index (χ1) is 10.8. The van der Waals surface area contributed by atoms with E-state index in [0.29, 0.717) is 18.5 Å². The first-order valence-electron chi connectivity index (χ1n) is 7.61. The largest absolute Gasteiger partial charge is 0.376 e. The minimum absolute atomic E-state index is 0.00333. The van der Waals surface area contributed by atoms with Crippen molar-refractivity contribution in [1.29, 1.82) is 5.26 Å². The molecule has 1 saturated carbocycles. The molecular weight excluding hydrogens is 314 g/mol. The second kappa shape index (κ2) is 7.01. The zero-order valence-electron chi connectivity index (χ0n) is 13.1. The normalized spacial score (nSPS) is 17.0. The lowest BCUT2D eigenvalue weighted by Crippen LogP contribution is -2.50. The predicted octanol–water partition coefficient (Wildman–Crippen LogP) is 1.84. The second-order valence-electron chi connectivity index (χ2n) is 5.96. The van der Waals surface area contributed by atoms with Crippen molar-refractivity contribution in [1.82, 2.24) is 5.32 Å². The first kappa shape index (κ1) is 17.3. The van der Waals surface area contributed by atoms with Gasteiger partial charge in [0.05, 0.1) is 17.5 Å². The molecular formula is C16H21N3O3S. The molecule has 23 heavy (non-hydrogen) atoms. The van der Waals surface area contributed by atoms with Crippen LogP contribution in [-0.4, -0.2) is 32.7 Å². The van der Waals surface area contributed by atoms with Crippen LogP contribution >= 0.6 is 0 Å². The van der Waals surface area contributed by atoms with E-state index in [9.17, 15) is 18.5 Å². The van der Waals surface area contributed by atoms with E-state index in [2.05, 4.69) is 16.7 Å². The van der Waals surface area contributed by atoms with Crippen LogP contribution in [0.1, 0.15) is 32.1 Å². The molecule has 0 saturated heterocycles. The highest BCUT2D eigenvalue weighted by molar-refractivity contribution is 7.90. The number of rotatable bonds is 5. The fourth-order valence-electron chi connectivity index (χ4n) is 2.75. The van der Waals surface area contributed by atoms with E-state index in [1.807, 2.05) is 0 Å². The van der Waals surface area contributed by atoms with Gasteiger partial charge >= 0.3 is 0 Å². The van der Waals surface area contributed by atoms with Crippen LogP contribution in [0.5, 0.6) is 0 Å². The number of nitrogens with one attached hydrogen (secondary N) is 2. The number of hydrogen-bond donors (Lipinski definition) is 2. The number of sulfone groups is 1. The van der Waals surface area contributed by atoms with Gasteiger partial charge < -0.3 is 10.6 Å². The van der Waals surface area contributed by atoms with Crippen LogP contribution in [0.3, 0.4) is 0 Å². The molecule has 6 nitrogen and oxygen atoms in total. The molecule has 1 fully saturated rings. The van der Waals surface area contributed by atoms with E-state index in [0.717, 1.165) is 25.5 Å². The van der Waals surface area contributed by atoms with E-state index in [4.69, 9.17) is 0 Å². The molecule has 1 aliphatic rings. The molecule has 1 aromatic carbocycles. The minimum Gasteiger partial charge on any atom is -0.376 e. The molecule has 0 unspecified atom stereocenters. The summed E-state index contributed by atoms with van der Waals surface area (Å²) < 4.78 is 23.0. The number of carbonyl (C=O) groups excluding carboxylic acids is 1. The summed E-state index contributed by atoms with van der Waals surface area (Å²) >= 11 is 0. The second-order valence-corrected chi connectivity index (χ2v) is 7.97. The summed E-state index contributed by atoms with van der Waals surface area (Å²) in [5, 5.41) is 15.1. The molecule has 1 aromatic rings. The molecule has 0 heterocycles. The summed E-state index contributed by atoms with van der Waals surface area (Å²) in [7, 11) is -3.28. The van der Waals surface area contributed by atoms with Gasteiger partial charge in [-0.15, -0.1) is 0 Å². The van der Waals surface area contributed by atoms with Crippen LogP contribution in [0.4, 0.5) is 5.69 Å². The molecule has 0 atom stereocenters. The van der Waals surface area contributed by atoms with Crippen LogP contribution < -0.4 is 10.6 Å². The number of nitrogens with zero attached hydrogens (tertiary/aromatic N) is 1. The summed E-state index contributed by atoms with van der Waals surface area (Å²) in [5.74, 6) is -0.266. The Morgan fingerprint density at radius 1 is 1.30 bits per heavy atom. The Morgan fingerprint density at radius 2 is 2.00 bits per heavy atom. The Bertz CT molecular complexity index is 716. The van der Waals surface area contributed by atoms with Gasteiger partial charge in [0.25, 0.3) is 0 Å². The van der Waals surface area contributed by atoms with E-state index >= 15 is 0 Å². The van der Waals surface area contributed by atoms with E-state index in [1.54, 1.807) is 12.1 Å². The van der Waals surface area contributed by atoms with Crippen LogP contribution in [0.2, 0.25) is 0 Å². The third-order valence-corrected chi connectivity index (χ3v) is 5.13. The zero-order chi connectivity index (χ0) is 16.9. The SMILES string of the molecule is CS(=O)(=O)c1cccc(NCC(=O)NC2(C#N)CCCCC2)c1. The summed E-state index contributed by atoms with van der Waals surface area (Å²) in [6.07, 6.45) is 5.47. The third kappa shape index (κ3) is 4.70. The van der Waals surface area contributed by atoms with Gasteiger partial charge in [-0.1, -0.05) is 25.3 Å². The predicted molar refractivity (Wildman–Crippen MR) is 87.6 cm³/mol. The average Bonchev–Trinajstić information content (AvgIpc) is 2.53. The van der Waals surface area contributed by atoms with Gasteiger partial charge in [0, 0.05) is 11.9 Å². The fraction of sp³-hybridized carbons (Fsp3) is 0.500. The highest BCUT2D eigenvalue weighted by Crippen LogP contribution is 2.27. The fourth-order valence-corrected chi connectivity index (χ4v) is 3.42. The van der Waals surface area contributed by atoms with Crippen molar-refractivity contribution in [3.8, 4) is 6.07 Å². The summed E-state index contributed by atoms with van der Waals surface area (Å²) in [6.45, 7) is -0.00333. The maximum absolute atomic E-state index is 12.1. The molecule has 0 radical (unpaired) electrons. The smallest absolute Gasteiger partial charge is 0.240 e. The minimum atomic E-state index is -3.28. The third-order valence-electron chi connectivity index (χ3n) is 4.02. The summed E-state index contributed by atoms with van der Waals surface area (Å²) in [4.78, 5) is 12.3. The molecule has 0 aromatic heterocycles. The molecule has 1 aliphatic carbocycles. The van der Waals surface area contributed by atoms with Crippen LogP contribution in [0.25, 0.3) is 0 Å². The van der Waals surface area contributed by atoms with Crippen molar-refractivity contribution >= 4 is 21.4 Å². The van der Waals surface area contributed by atoms with Gasteiger partial charge in [0.1, 0.15) is 5.54 Å². The summed E-state index contributed by atoms with van der Waals surface area (Å²) in [6, 6.07) is 8.55. The molecule has 0 bridgehead atoms. The van der Waals surface area contributed by atoms with Crippen molar-refractivity contribution in [3.63, 3.8) is 0 Å². The lowest BCUT2D eigenvalue weighted by Gasteiger charge is -2.31. The average molecular weight is 335 g/mol. The number of amides is 1.